The highest BCUT2D eigenvalue weighted by atomic mass is 15.1. The molecular formula is C34H24N2. The monoisotopic (exact) mass is 460 g/mol. The zero-order valence-corrected chi connectivity index (χ0v) is 19.8. The topological polar surface area (TPSA) is 9.86 Å². The number of hydrogen-bond acceptors (Lipinski definition) is 0. The van der Waals surface area contributed by atoms with Crippen LogP contribution in [0.1, 0.15) is 17.2 Å². The molecule has 6 aromatic rings. The van der Waals surface area contributed by atoms with Crippen LogP contribution in [0.2, 0.25) is 0 Å². The average Bonchev–Trinajstić information content (AvgIpc) is 3.47. The summed E-state index contributed by atoms with van der Waals surface area (Å²) in [6.07, 6.45) is 13.8. The maximum atomic E-state index is 2.54. The lowest BCUT2D eigenvalue weighted by Crippen LogP contribution is -2.16. The van der Waals surface area contributed by atoms with E-state index in [0.717, 1.165) is 0 Å². The summed E-state index contributed by atoms with van der Waals surface area (Å²) in [6.45, 7) is 0. The van der Waals surface area contributed by atoms with Crippen LogP contribution in [0.3, 0.4) is 0 Å². The van der Waals surface area contributed by atoms with Gasteiger partial charge in [0.15, 0.2) is 0 Å². The fourth-order valence-corrected chi connectivity index (χ4v) is 6.35. The molecule has 2 aliphatic carbocycles. The summed E-state index contributed by atoms with van der Waals surface area (Å²) in [4.78, 5) is 0. The highest BCUT2D eigenvalue weighted by Gasteiger charge is 2.32. The molecule has 0 fully saturated rings. The second-order valence-electron chi connectivity index (χ2n) is 9.75. The molecule has 8 rings (SSSR count). The van der Waals surface area contributed by atoms with Crippen molar-refractivity contribution in [1.82, 2.24) is 9.13 Å². The fraction of sp³-hybridized carbons (Fsp3) is 0.0588. The van der Waals surface area contributed by atoms with Gasteiger partial charge < -0.3 is 9.13 Å². The van der Waals surface area contributed by atoms with E-state index in [-0.39, 0.29) is 0 Å². The van der Waals surface area contributed by atoms with Crippen molar-refractivity contribution in [2.45, 2.75) is 5.92 Å². The minimum absolute atomic E-state index is 0.312. The Balaban J connectivity index is 1.63. The highest BCUT2D eigenvalue weighted by molar-refractivity contribution is 6.19. The van der Waals surface area contributed by atoms with E-state index in [2.05, 4.69) is 143 Å². The van der Waals surface area contributed by atoms with Crippen LogP contribution in [0.4, 0.5) is 0 Å². The van der Waals surface area contributed by atoms with Crippen molar-refractivity contribution in [3.63, 3.8) is 0 Å². The number of para-hydroxylation sites is 3. The summed E-state index contributed by atoms with van der Waals surface area (Å²) in [6, 6.07) is 35.1. The molecule has 2 aliphatic rings. The molecule has 4 aromatic carbocycles. The molecule has 0 radical (unpaired) electrons. The molecule has 0 saturated carbocycles. The van der Waals surface area contributed by atoms with Crippen LogP contribution in [0.5, 0.6) is 0 Å². The fourth-order valence-electron chi connectivity index (χ4n) is 6.35. The van der Waals surface area contributed by atoms with E-state index in [1.54, 1.807) is 0 Å². The summed E-state index contributed by atoms with van der Waals surface area (Å²) in [5, 5.41) is 3.87. The van der Waals surface area contributed by atoms with Crippen molar-refractivity contribution >= 4 is 38.8 Å². The molecule has 0 saturated heterocycles. The van der Waals surface area contributed by atoms with Gasteiger partial charge in [0.25, 0.3) is 0 Å². The van der Waals surface area contributed by atoms with Crippen LogP contribution in [-0.4, -0.2) is 9.13 Å². The van der Waals surface area contributed by atoms with Crippen molar-refractivity contribution in [2.24, 2.45) is 5.92 Å². The number of rotatable bonds is 2. The maximum Gasteiger partial charge on any atom is 0.0788 e. The van der Waals surface area contributed by atoms with E-state index in [4.69, 9.17) is 0 Å². The van der Waals surface area contributed by atoms with Gasteiger partial charge in [-0.15, -0.1) is 0 Å². The zero-order chi connectivity index (χ0) is 23.6. The van der Waals surface area contributed by atoms with Crippen LogP contribution in [0.25, 0.3) is 50.2 Å². The third kappa shape index (κ3) is 2.61. The Morgan fingerprint density at radius 1 is 0.500 bits per heavy atom. The lowest BCUT2D eigenvalue weighted by atomic mass is 9.80. The predicted molar refractivity (Wildman–Crippen MR) is 151 cm³/mol. The molecule has 2 nitrogen and oxygen atoms in total. The molecule has 2 aromatic heterocycles. The minimum Gasteiger partial charge on any atom is -0.310 e. The smallest absolute Gasteiger partial charge is 0.0788 e. The molecule has 0 bridgehead atoms. The molecule has 2 atom stereocenters. The van der Waals surface area contributed by atoms with Gasteiger partial charge in [-0.2, -0.15) is 0 Å². The Morgan fingerprint density at radius 2 is 1.14 bits per heavy atom. The number of nitrogens with zero attached hydrogens (tertiary/aromatic N) is 2. The van der Waals surface area contributed by atoms with Crippen LogP contribution >= 0.6 is 0 Å². The molecule has 170 valence electrons. The first-order valence-corrected chi connectivity index (χ1v) is 12.6. The van der Waals surface area contributed by atoms with Gasteiger partial charge in [0.2, 0.25) is 0 Å². The summed E-state index contributed by atoms with van der Waals surface area (Å²) in [5.74, 6) is 0.692. The van der Waals surface area contributed by atoms with E-state index in [1.807, 2.05) is 0 Å². The largest absolute Gasteiger partial charge is 0.310 e. The summed E-state index contributed by atoms with van der Waals surface area (Å²) in [5.41, 5.74) is 8.87. The maximum absolute atomic E-state index is 2.54. The van der Waals surface area contributed by atoms with Crippen molar-refractivity contribution in [2.75, 3.05) is 0 Å². The van der Waals surface area contributed by atoms with Crippen molar-refractivity contribution in [1.29, 1.82) is 0 Å². The van der Waals surface area contributed by atoms with Gasteiger partial charge in [0.05, 0.1) is 16.6 Å². The van der Waals surface area contributed by atoms with Gasteiger partial charge in [0, 0.05) is 50.6 Å². The molecule has 0 N–H and O–H groups in total. The first-order chi connectivity index (χ1) is 17.9. The Labute approximate surface area is 209 Å². The molecule has 0 amide bonds. The van der Waals surface area contributed by atoms with E-state index < -0.39 is 0 Å². The van der Waals surface area contributed by atoms with Crippen molar-refractivity contribution < 1.29 is 0 Å². The van der Waals surface area contributed by atoms with Crippen LogP contribution in [0, 0.1) is 5.92 Å². The summed E-state index contributed by atoms with van der Waals surface area (Å²) >= 11 is 0. The summed E-state index contributed by atoms with van der Waals surface area (Å²) in [7, 11) is 0. The lowest BCUT2D eigenvalue weighted by Gasteiger charge is -2.27. The van der Waals surface area contributed by atoms with E-state index >= 15 is 0 Å². The van der Waals surface area contributed by atoms with Crippen LogP contribution < -0.4 is 0 Å². The van der Waals surface area contributed by atoms with Crippen LogP contribution in [0.15, 0.2) is 127 Å². The average molecular weight is 461 g/mol. The van der Waals surface area contributed by atoms with Gasteiger partial charge >= 0.3 is 0 Å². The normalized spacial score (nSPS) is 18.2. The molecular weight excluding hydrogens is 436 g/mol. The van der Waals surface area contributed by atoms with Gasteiger partial charge in [-0.3, -0.25) is 0 Å². The second kappa shape index (κ2) is 7.47. The predicted octanol–water partition coefficient (Wildman–Crippen LogP) is 8.58. The highest BCUT2D eigenvalue weighted by Crippen LogP contribution is 2.47. The Bertz CT molecular complexity index is 1880. The minimum atomic E-state index is 0.312. The standard InChI is InChI=1S/C34H24N2/c1-3-12-24(13-4-1)35-31-18-10-9-17-27(31)28-21-22-30-29-20-19-23-11-7-8-16-26(23)32(29)36(34(30)33(28)35)25-14-5-2-6-15-25/h1-23,26H. The zero-order valence-electron chi connectivity index (χ0n) is 19.8. The third-order valence-electron chi connectivity index (χ3n) is 7.85. The molecule has 0 aliphatic heterocycles. The lowest BCUT2D eigenvalue weighted by molar-refractivity contribution is 0.661. The van der Waals surface area contributed by atoms with Crippen molar-refractivity contribution in [3.8, 4) is 11.4 Å². The summed E-state index contributed by atoms with van der Waals surface area (Å²) < 4.78 is 4.99. The third-order valence-corrected chi connectivity index (χ3v) is 7.85. The van der Waals surface area contributed by atoms with E-state index in [0.29, 0.717) is 11.8 Å². The molecule has 2 heterocycles. The SMILES string of the molecule is C1=CC2C=Cc3c(n(-c4ccccc4)c4c3ccc3c5ccccc5n(-c5ccccc5)c34)C2C=C1. The quantitative estimate of drug-likeness (QED) is 0.245. The van der Waals surface area contributed by atoms with Gasteiger partial charge in [0.1, 0.15) is 0 Å². The Morgan fingerprint density at radius 3 is 1.94 bits per heavy atom. The Kier molecular flexibility index (Phi) is 4.09. The number of hydrogen-bond donors (Lipinski definition) is 0. The van der Waals surface area contributed by atoms with Gasteiger partial charge in [-0.25, -0.2) is 0 Å². The molecule has 36 heavy (non-hydrogen) atoms. The first-order valence-electron chi connectivity index (χ1n) is 12.6. The molecule has 0 spiro atoms. The van der Waals surface area contributed by atoms with E-state index in [9.17, 15) is 0 Å². The number of allylic oxidation sites excluding steroid dienone is 5. The van der Waals surface area contributed by atoms with Gasteiger partial charge in [-0.05, 0) is 30.3 Å². The molecule has 2 unspecified atom stereocenters. The van der Waals surface area contributed by atoms with Gasteiger partial charge in [-0.1, -0.05) is 103 Å². The first kappa shape index (κ1) is 19.7. The molecule has 2 heteroatoms. The number of benzene rings is 4. The number of aromatic nitrogens is 2. The Hall–Kier alpha value is -4.56. The van der Waals surface area contributed by atoms with E-state index in [1.165, 1.54) is 55.3 Å². The van der Waals surface area contributed by atoms with Crippen LogP contribution in [-0.2, 0) is 0 Å². The van der Waals surface area contributed by atoms with Crippen molar-refractivity contribution in [3.05, 3.63) is 139 Å². The second-order valence-corrected chi connectivity index (χ2v) is 9.75. The number of fused-ring (bicyclic) bond motifs is 9.